The quantitative estimate of drug-likeness (QED) is 0.791. The standard InChI is InChI=1S/C15H24N2O3S/c1-3-21(18,19)15-7-5-4-6-14(15)16(2)8-9-17-10-12-20-13-11-17/h4-7H,3,8-13H2,1-2H3. The minimum absolute atomic E-state index is 0.126. The van der Waals surface area contributed by atoms with Crippen LogP contribution in [0.2, 0.25) is 0 Å². The zero-order chi connectivity index (χ0) is 15.3. The van der Waals surface area contributed by atoms with Gasteiger partial charge in [0.1, 0.15) is 0 Å². The van der Waals surface area contributed by atoms with E-state index in [0.29, 0.717) is 4.90 Å². The van der Waals surface area contributed by atoms with Gasteiger partial charge in [-0.3, -0.25) is 4.90 Å². The second-order valence-corrected chi connectivity index (χ2v) is 7.49. The van der Waals surface area contributed by atoms with E-state index in [9.17, 15) is 8.42 Å². The largest absolute Gasteiger partial charge is 0.379 e. The van der Waals surface area contributed by atoms with Crippen molar-refractivity contribution in [3.63, 3.8) is 0 Å². The molecule has 0 aliphatic carbocycles. The zero-order valence-corrected chi connectivity index (χ0v) is 13.6. The molecule has 1 aliphatic rings. The summed E-state index contributed by atoms with van der Waals surface area (Å²) in [6, 6.07) is 7.23. The number of morpholine rings is 1. The average Bonchev–Trinajstić information content (AvgIpc) is 2.53. The van der Waals surface area contributed by atoms with E-state index in [0.717, 1.165) is 45.1 Å². The Bertz CT molecular complexity index is 554. The summed E-state index contributed by atoms with van der Waals surface area (Å²) in [7, 11) is -1.24. The predicted molar refractivity (Wildman–Crippen MR) is 84.7 cm³/mol. The summed E-state index contributed by atoms with van der Waals surface area (Å²) in [6.45, 7) is 6.86. The SMILES string of the molecule is CCS(=O)(=O)c1ccccc1N(C)CCN1CCOCC1. The summed E-state index contributed by atoms with van der Waals surface area (Å²) >= 11 is 0. The number of nitrogens with zero attached hydrogens (tertiary/aromatic N) is 2. The summed E-state index contributed by atoms with van der Waals surface area (Å²) in [6.07, 6.45) is 0. The normalized spacial score (nSPS) is 16.9. The monoisotopic (exact) mass is 312 g/mol. The average molecular weight is 312 g/mol. The molecule has 1 fully saturated rings. The van der Waals surface area contributed by atoms with Gasteiger partial charge in [-0.05, 0) is 12.1 Å². The number of hydrogen-bond donors (Lipinski definition) is 0. The van der Waals surface area contributed by atoms with Crippen molar-refractivity contribution in [3.05, 3.63) is 24.3 Å². The Balaban J connectivity index is 2.06. The molecule has 0 spiro atoms. The Hall–Kier alpha value is -1.11. The highest BCUT2D eigenvalue weighted by Crippen LogP contribution is 2.24. The number of hydrogen-bond acceptors (Lipinski definition) is 5. The van der Waals surface area contributed by atoms with Crippen LogP contribution in [0.3, 0.4) is 0 Å². The Kier molecular flexibility index (Phi) is 5.61. The molecule has 6 heteroatoms. The molecule has 2 rings (SSSR count). The lowest BCUT2D eigenvalue weighted by Gasteiger charge is -2.29. The number of rotatable bonds is 6. The molecule has 0 unspecified atom stereocenters. The molecule has 0 amide bonds. The first-order valence-electron chi connectivity index (χ1n) is 7.37. The van der Waals surface area contributed by atoms with Crippen molar-refractivity contribution in [3.8, 4) is 0 Å². The molecule has 0 bridgehead atoms. The Morgan fingerprint density at radius 3 is 2.57 bits per heavy atom. The van der Waals surface area contributed by atoms with E-state index in [1.807, 2.05) is 24.1 Å². The lowest BCUT2D eigenvalue weighted by atomic mass is 10.3. The summed E-state index contributed by atoms with van der Waals surface area (Å²) < 4.78 is 29.7. The number of anilines is 1. The smallest absolute Gasteiger partial charge is 0.180 e. The van der Waals surface area contributed by atoms with E-state index < -0.39 is 9.84 Å². The molecule has 0 N–H and O–H groups in total. The Labute approximate surface area is 127 Å². The Morgan fingerprint density at radius 2 is 1.90 bits per heavy atom. The van der Waals surface area contributed by atoms with E-state index in [4.69, 9.17) is 4.74 Å². The molecule has 0 radical (unpaired) electrons. The zero-order valence-electron chi connectivity index (χ0n) is 12.8. The van der Waals surface area contributed by atoms with Crippen molar-refractivity contribution in [1.82, 2.24) is 4.90 Å². The van der Waals surface area contributed by atoms with Gasteiger partial charge < -0.3 is 9.64 Å². The van der Waals surface area contributed by atoms with Crippen LogP contribution in [0.25, 0.3) is 0 Å². The van der Waals surface area contributed by atoms with Crippen LogP contribution in [0.1, 0.15) is 6.92 Å². The summed E-state index contributed by atoms with van der Waals surface area (Å²) in [5.41, 5.74) is 0.785. The van der Waals surface area contributed by atoms with Gasteiger partial charge in [0.25, 0.3) is 0 Å². The number of likely N-dealkylation sites (N-methyl/N-ethyl adjacent to an activating group) is 1. The van der Waals surface area contributed by atoms with Crippen LogP contribution in [0, 0.1) is 0 Å². The molecule has 5 nitrogen and oxygen atoms in total. The van der Waals surface area contributed by atoms with Gasteiger partial charge in [0.05, 0.1) is 29.5 Å². The fourth-order valence-electron chi connectivity index (χ4n) is 2.43. The number of ether oxygens (including phenoxy) is 1. The molecule has 118 valence electrons. The molecule has 1 aromatic rings. The second kappa shape index (κ2) is 7.24. The number of sulfone groups is 1. The van der Waals surface area contributed by atoms with Crippen molar-refractivity contribution in [2.45, 2.75) is 11.8 Å². The van der Waals surface area contributed by atoms with Gasteiger partial charge >= 0.3 is 0 Å². The molecule has 0 atom stereocenters. The molecule has 0 aromatic heterocycles. The van der Waals surface area contributed by atoms with Gasteiger partial charge in [0, 0.05) is 33.2 Å². The molecular weight excluding hydrogens is 288 g/mol. The van der Waals surface area contributed by atoms with Gasteiger partial charge in [0.15, 0.2) is 9.84 Å². The lowest BCUT2D eigenvalue weighted by molar-refractivity contribution is 0.0393. The number of benzene rings is 1. The summed E-state index contributed by atoms with van der Waals surface area (Å²) in [5.74, 6) is 0.126. The van der Waals surface area contributed by atoms with E-state index in [-0.39, 0.29) is 5.75 Å². The first kappa shape index (κ1) is 16.3. The molecule has 0 saturated carbocycles. The van der Waals surface area contributed by atoms with Crippen LogP contribution >= 0.6 is 0 Å². The Morgan fingerprint density at radius 1 is 1.24 bits per heavy atom. The second-order valence-electron chi connectivity index (χ2n) is 5.25. The summed E-state index contributed by atoms with van der Waals surface area (Å²) in [5, 5.41) is 0. The topological polar surface area (TPSA) is 49.9 Å². The van der Waals surface area contributed by atoms with E-state index in [1.54, 1.807) is 19.1 Å². The van der Waals surface area contributed by atoms with Gasteiger partial charge in [-0.25, -0.2) is 8.42 Å². The molecule has 1 aliphatic heterocycles. The van der Waals surface area contributed by atoms with E-state index in [2.05, 4.69) is 4.90 Å². The molecular formula is C15H24N2O3S. The van der Waals surface area contributed by atoms with Crippen LogP contribution in [-0.2, 0) is 14.6 Å². The minimum atomic E-state index is -3.19. The highest BCUT2D eigenvalue weighted by Gasteiger charge is 2.19. The maximum Gasteiger partial charge on any atom is 0.180 e. The minimum Gasteiger partial charge on any atom is -0.379 e. The highest BCUT2D eigenvalue weighted by atomic mass is 32.2. The third-order valence-corrected chi connectivity index (χ3v) is 5.62. The van der Waals surface area contributed by atoms with Gasteiger partial charge in [-0.2, -0.15) is 0 Å². The van der Waals surface area contributed by atoms with Crippen molar-refractivity contribution < 1.29 is 13.2 Å². The maximum atomic E-state index is 12.2. The molecule has 1 saturated heterocycles. The fraction of sp³-hybridized carbons (Fsp3) is 0.600. The van der Waals surface area contributed by atoms with Gasteiger partial charge in [-0.15, -0.1) is 0 Å². The fourth-order valence-corrected chi connectivity index (χ4v) is 3.57. The van der Waals surface area contributed by atoms with Crippen LogP contribution in [-0.4, -0.2) is 65.5 Å². The van der Waals surface area contributed by atoms with Crippen molar-refractivity contribution in [1.29, 1.82) is 0 Å². The van der Waals surface area contributed by atoms with Gasteiger partial charge in [0.2, 0.25) is 0 Å². The van der Waals surface area contributed by atoms with Crippen LogP contribution < -0.4 is 4.90 Å². The third kappa shape index (κ3) is 4.18. The van der Waals surface area contributed by atoms with Crippen molar-refractivity contribution >= 4 is 15.5 Å². The molecule has 1 aromatic carbocycles. The first-order chi connectivity index (χ1) is 10.0. The van der Waals surface area contributed by atoms with Crippen molar-refractivity contribution in [2.75, 3.05) is 57.1 Å². The van der Waals surface area contributed by atoms with Crippen LogP contribution in [0.5, 0.6) is 0 Å². The van der Waals surface area contributed by atoms with Crippen LogP contribution in [0.15, 0.2) is 29.2 Å². The highest BCUT2D eigenvalue weighted by molar-refractivity contribution is 7.91. The van der Waals surface area contributed by atoms with E-state index >= 15 is 0 Å². The maximum absolute atomic E-state index is 12.2. The van der Waals surface area contributed by atoms with Crippen molar-refractivity contribution in [2.24, 2.45) is 0 Å². The predicted octanol–water partition coefficient (Wildman–Crippen LogP) is 1.25. The molecule has 21 heavy (non-hydrogen) atoms. The molecule has 1 heterocycles. The first-order valence-corrected chi connectivity index (χ1v) is 9.03. The summed E-state index contributed by atoms with van der Waals surface area (Å²) in [4.78, 5) is 4.80. The van der Waals surface area contributed by atoms with Gasteiger partial charge in [-0.1, -0.05) is 19.1 Å². The van der Waals surface area contributed by atoms with E-state index in [1.165, 1.54) is 0 Å². The third-order valence-electron chi connectivity index (χ3n) is 3.85. The lowest BCUT2D eigenvalue weighted by Crippen LogP contribution is -2.40. The number of para-hydroxylation sites is 1. The van der Waals surface area contributed by atoms with Crippen LogP contribution in [0.4, 0.5) is 5.69 Å².